The molecule has 3 heterocycles. The van der Waals surface area contributed by atoms with E-state index in [1.165, 1.54) is 6.92 Å². The van der Waals surface area contributed by atoms with E-state index >= 15 is 0 Å². The van der Waals surface area contributed by atoms with Crippen LogP contribution in [0.25, 0.3) is 0 Å². The Bertz CT molecular complexity index is 990. The first kappa shape index (κ1) is 23.7. The van der Waals surface area contributed by atoms with Gasteiger partial charge in [-0.3, -0.25) is 4.79 Å². The Kier molecular flexibility index (Phi) is 6.50. The first-order chi connectivity index (χ1) is 15.6. The minimum absolute atomic E-state index is 0.0201. The number of nitrogens with zero attached hydrogens (tertiary/aromatic N) is 4. The van der Waals surface area contributed by atoms with Gasteiger partial charge in [0, 0.05) is 50.4 Å². The topological polar surface area (TPSA) is 86.5 Å². The number of hydrogen-bond donors (Lipinski definition) is 0. The average molecular weight is 453 g/mol. The van der Waals surface area contributed by atoms with E-state index in [2.05, 4.69) is 38.7 Å². The van der Waals surface area contributed by atoms with E-state index in [0.29, 0.717) is 44.1 Å². The second-order valence-corrected chi connectivity index (χ2v) is 10.8. The molecule has 0 radical (unpaired) electrons. The van der Waals surface area contributed by atoms with Gasteiger partial charge in [-0.25, -0.2) is 4.98 Å². The van der Waals surface area contributed by atoms with Crippen molar-refractivity contribution in [1.29, 1.82) is 5.26 Å². The zero-order chi connectivity index (χ0) is 23.9. The number of ketones is 1. The summed E-state index contributed by atoms with van der Waals surface area (Å²) >= 11 is 0. The van der Waals surface area contributed by atoms with Crippen molar-refractivity contribution < 1.29 is 14.3 Å². The van der Waals surface area contributed by atoms with Crippen LogP contribution >= 0.6 is 0 Å². The molecule has 2 fully saturated rings. The molecule has 2 aliphatic heterocycles. The van der Waals surface area contributed by atoms with Gasteiger partial charge >= 0.3 is 0 Å². The molecule has 1 aromatic rings. The maximum absolute atomic E-state index is 12.9. The van der Waals surface area contributed by atoms with Crippen molar-refractivity contribution >= 4 is 17.5 Å². The lowest BCUT2D eigenvalue weighted by molar-refractivity contribution is -0.136. The molecule has 33 heavy (non-hydrogen) atoms. The number of piperazine rings is 1. The number of pyridine rings is 1. The third-order valence-electron chi connectivity index (χ3n) is 7.21. The van der Waals surface area contributed by atoms with Gasteiger partial charge in [0.05, 0.1) is 29.5 Å². The first-order valence-electron chi connectivity index (χ1n) is 12.2. The smallest absolute Gasteiger partial charge is 0.223 e. The third-order valence-corrected chi connectivity index (χ3v) is 7.21. The third kappa shape index (κ3) is 4.91. The van der Waals surface area contributed by atoms with E-state index in [4.69, 9.17) is 9.72 Å². The van der Waals surface area contributed by atoms with E-state index in [1.807, 2.05) is 4.90 Å². The normalized spacial score (nSPS) is 22.2. The standard InChI is InChI=1S/C26H36N4O3/c1-16(2)22-14-29(10-11-30(22)23(32)9-6-17(3)31)25-20(13-27)19-12-26(4,5)33-15-21(19)24(28-25)18-7-8-18/h16,18,22H,6-12,14-15H2,1-5H3/t22-/m0/s1. The summed E-state index contributed by atoms with van der Waals surface area (Å²) < 4.78 is 6.09. The van der Waals surface area contributed by atoms with Gasteiger partial charge in [0.25, 0.3) is 0 Å². The molecule has 7 nitrogen and oxygen atoms in total. The molecular weight excluding hydrogens is 416 g/mol. The highest BCUT2D eigenvalue weighted by Crippen LogP contribution is 2.46. The van der Waals surface area contributed by atoms with E-state index in [1.54, 1.807) is 0 Å². The van der Waals surface area contributed by atoms with Gasteiger partial charge in [-0.1, -0.05) is 13.8 Å². The largest absolute Gasteiger partial charge is 0.370 e. The Hall–Kier alpha value is -2.46. The molecule has 1 aromatic heterocycles. The van der Waals surface area contributed by atoms with Crippen LogP contribution in [-0.2, 0) is 27.4 Å². The fourth-order valence-corrected chi connectivity index (χ4v) is 5.13. The van der Waals surface area contributed by atoms with Gasteiger partial charge in [0.15, 0.2) is 0 Å². The number of aromatic nitrogens is 1. The Labute approximate surface area is 197 Å². The van der Waals surface area contributed by atoms with Crippen LogP contribution in [0, 0.1) is 17.2 Å². The summed E-state index contributed by atoms with van der Waals surface area (Å²) in [6.45, 7) is 12.3. The van der Waals surface area contributed by atoms with Crippen molar-refractivity contribution in [2.24, 2.45) is 5.92 Å². The molecular formula is C26H36N4O3. The second-order valence-electron chi connectivity index (χ2n) is 10.8. The van der Waals surface area contributed by atoms with Gasteiger partial charge in [-0.05, 0) is 45.1 Å². The number of Topliss-reactive ketones (excluding diaryl/α,β-unsaturated/α-hetero) is 1. The van der Waals surface area contributed by atoms with E-state index < -0.39 is 0 Å². The molecule has 0 aromatic carbocycles. The van der Waals surface area contributed by atoms with Gasteiger partial charge in [-0.2, -0.15) is 5.26 Å². The Morgan fingerprint density at radius 2 is 1.94 bits per heavy atom. The summed E-state index contributed by atoms with van der Waals surface area (Å²) in [4.78, 5) is 33.5. The zero-order valence-electron chi connectivity index (χ0n) is 20.6. The molecule has 1 amide bonds. The number of fused-ring (bicyclic) bond motifs is 1. The Morgan fingerprint density at radius 3 is 2.55 bits per heavy atom. The van der Waals surface area contributed by atoms with E-state index in [-0.39, 0.29) is 42.1 Å². The molecule has 178 valence electrons. The second kappa shape index (κ2) is 9.06. The summed E-state index contributed by atoms with van der Waals surface area (Å²) in [6, 6.07) is 2.50. The molecule has 4 rings (SSSR count). The van der Waals surface area contributed by atoms with Crippen LogP contribution in [0.1, 0.15) is 88.6 Å². The molecule has 0 unspecified atom stereocenters. The molecule has 1 aliphatic carbocycles. The van der Waals surface area contributed by atoms with Crippen LogP contribution < -0.4 is 4.90 Å². The van der Waals surface area contributed by atoms with Gasteiger partial charge < -0.3 is 19.3 Å². The highest BCUT2D eigenvalue weighted by atomic mass is 16.5. The van der Waals surface area contributed by atoms with Crippen LogP contribution in [-0.4, -0.2) is 52.9 Å². The Morgan fingerprint density at radius 1 is 1.21 bits per heavy atom. The molecule has 1 saturated heterocycles. The average Bonchev–Trinajstić information content (AvgIpc) is 3.60. The van der Waals surface area contributed by atoms with Crippen molar-refractivity contribution in [3.05, 3.63) is 22.4 Å². The summed E-state index contributed by atoms with van der Waals surface area (Å²) in [5.41, 5.74) is 3.69. The van der Waals surface area contributed by atoms with Crippen molar-refractivity contribution in [2.45, 2.75) is 90.9 Å². The van der Waals surface area contributed by atoms with Crippen LogP contribution in [0.3, 0.4) is 0 Å². The predicted molar refractivity (Wildman–Crippen MR) is 126 cm³/mol. The summed E-state index contributed by atoms with van der Waals surface area (Å²) in [7, 11) is 0. The van der Waals surface area contributed by atoms with Crippen LogP contribution in [0.15, 0.2) is 0 Å². The number of rotatable bonds is 6. The fraction of sp³-hybridized carbons (Fsp3) is 0.692. The first-order valence-corrected chi connectivity index (χ1v) is 12.2. The SMILES string of the molecule is CC(=O)CCC(=O)N1CCN(c2nc(C3CC3)c3c(c2C#N)CC(C)(C)OC3)C[C@H]1C(C)C. The molecule has 7 heteroatoms. The lowest BCUT2D eigenvalue weighted by Crippen LogP contribution is -2.57. The number of hydrogen-bond acceptors (Lipinski definition) is 6. The maximum atomic E-state index is 12.9. The number of nitriles is 1. The van der Waals surface area contributed by atoms with Crippen LogP contribution in [0.5, 0.6) is 0 Å². The quantitative estimate of drug-likeness (QED) is 0.654. The molecule has 3 aliphatic rings. The van der Waals surface area contributed by atoms with Crippen molar-refractivity contribution in [2.75, 3.05) is 24.5 Å². The molecule has 0 N–H and O–H groups in total. The van der Waals surface area contributed by atoms with Crippen LogP contribution in [0.4, 0.5) is 5.82 Å². The monoisotopic (exact) mass is 452 g/mol. The molecule has 1 saturated carbocycles. The summed E-state index contributed by atoms with van der Waals surface area (Å²) in [5, 5.41) is 10.2. The number of carbonyl (C=O) groups excluding carboxylic acids is 2. The fourth-order valence-electron chi connectivity index (χ4n) is 5.13. The lowest BCUT2D eigenvalue weighted by atomic mass is 9.87. The number of ether oxygens (including phenoxy) is 1. The van der Waals surface area contributed by atoms with E-state index in [0.717, 1.165) is 35.5 Å². The van der Waals surface area contributed by atoms with Crippen molar-refractivity contribution in [3.8, 4) is 6.07 Å². The minimum atomic E-state index is -0.305. The number of anilines is 1. The summed E-state index contributed by atoms with van der Waals surface area (Å²) in [5.74, 6) is 1.58. The Balaban J connectivity index is 1.67. The number of amides is 1. The predicted octanol–water partition coefficient (Wildman–Crippen LogP) is 3.72. The lowest BCUT2D eigenvalue weighted by Gasteiger charge is -2.44. The zero-order valence-corrected chi connectivity index (χ0v) is 20.6. The highest BCUT2D eigenvalue weighted by Gasteiger charge is 2.39. The molecule has 0 spiro atoms. The van der Waals surface area contributed by atoms with Gasteiger partial charge in [0.2, 0.25) is 5.91 Å². The summed E-state index contributed by atoms with van der Waals surface area (Å²) in [6.07, 6.45) is 3.54. The van der Waals surface area contributed by atoms with Crippen LogP contribution in [0.2, 0.25) is 0 Å². The molecule has 1 atom stereocenters. The van der Waals surface area contributed by atoms with Gasteiger partial charge in [0.1, 0.15) is 17.7 Å². The van der Waals surface area contributed by atoms with Crippen molar-refractivity contribution in [1.82, 2.24) is 9.88 Å². The molecule has 0 bridgehead atoms. The van der Waals surface area contributed by atoms with E-state index in [9.17, 15) is 14.9 Å². The number of carbonyl (C=O) groups is 2. The van der Waals surface area contributed by atoms with Gasteiger partial charge in [-0.15, -0.1) is 0 Å². The minimum Gasteiger partial charge on any atom is -0.370 e. The van der Waals surface area contributed by atoms with Crippen molar-refractivity contribution in [3.63, 3.8) is 0 Å². The maximum Gasteiger partial charge on any atom is 0.223 e. The highest BCUT2D eigenvalue weighted by molar-refractivity contribution is 5.84.